The lowest BCUT2D eigenvalue weighted by molar-refractivity contribution is -0.149. The molecule has 2 heterocycles. The molecule has 18 heteroatoms. The number of carboxylic acids is 1. The van der Waals surface area contributed by atoms with Gasteiger partial charge >= 0.3 is 5.97 Å². The van der Waals surface area contributed by atoms with Crippen LogP contribution in [0, 0.1) is 23.7 Å². The second-order valence-electron chi connectivity index (χ2n) is 22.8. The standard InChI is InChI=1S/C59H96N6O11S/c1-12-40(6)53(46(75-10)36-49(67)64-34-26-31-45(64)54(76-11)41(7)55(69)60-44(59(73)74)35-42-27-20-18-21-28-42)63(9)58(72)51(38(2)3)61-56(70)52(39(4)5)62(8)48(66)32-24-19-25-33-65-50(68)37-47(57(65)71)77-43-29-22-16-14-13-15-17-23-30-43/h18,20-21,27-28,38-41,43-47,51-54H,12-17,19,22-26,29-37H2,1-11H3,(H,60,69)(H,61,70)(H,73,74)/t40-,41+,44-,45-,46+,47?,51-,52?,53-,54+/m0/s1. The van der Waals surface area contributed by atoms with Gasteiger partial charge in [0.15, 0.2) is 0 Å². The molecule has 1 aromatic rings. The number of hydrogen-bond acceptors (Lipinski definition) is 11. The maximum atomic E-state index is 14.7. The van der Waals surface area contributed by atoms with Crippen LogP contribution in [0.1, 0.15) is 170 Å². The average molecular weight is 1100 g/mol. The first-order valence-corrected chi connectivity index (χ1v) is 29.9. The molecule has 2 aliphatic heterocycles. The van der Waals surface area contributed by atoms with Gasteiger partial charge in [0.25, 0.3) is 0 Å². The molecule has 10 atom stereocenters. The number of ether oxygens (including phenoxy) is 2. The second-order valence-corrected chi connectivity index (χ2v) is 24.3. The topological polar surface area (TPSA) is 212 Å². The molecule has 1 saturated carbocycles. The van der Waals surface area contributed by atoms with Crippen molar-refractivity contribution in [3.05, 3.63) is 35.9 Å². The average Bonchev–Trinajstić information content (AvgIpc) is 3.99. The van der Waals surface area contributed by atoms with Crippen LogP contribution in [-0.4, -0.2) is 166 Å². The minimum atomic E-state index is -1.16. The number of likely N-dealkylation sites (N-methyl/N-ethyl adjacent to an activating group) is 2. The number of nitrogens with zero attached hydrogens (tertiary/aromatic N) is 4. The van der Waals surface area contributed by atoms with Crippen LogP contribution in [0.2, 0.25) is 0 Å². The van der Waals surface area contributed by atoms with E-state index < -0.39 is 66.1 Å². The van der Waals surface area contributed by atoms with Crippen molar-refractivity contribution < 1.29 is 52.9 Å². The van der Waals surface area contributed by atoms with E-state index in [2.05, 4.69) is 10.6 Å². The lowest BCUT2D eigenvalue weighted by Crippen LogP contribution is -2.60. The number of unbranched alkanes of at least 4 members (excludes halogenated alkanes) is 2. The summed E-state index contributed by atoms with van der Waals surface area (Å²) in [6, 6.07) is 4.99. The molecule has 1 aliphatic carbocycles. The zero-order chi connectivity index (χ0) is 56.9. The molecule has 0 radical (unpaired) electrons. The van der Waals surface area contributed by atoms with Crippen molar-refractivity contribution in [2.24, 2.45) is 23.7 Å². The smallest absolute Gasteiger partial charge is 0.326 e. The molecule has 3 fully saturated rings. The van der Waals surface area contributed by atoms with E-state index in [9.17, 15) is 43.5 Å². The zero-order valence-electron chi connectivity index (χ0n) is 48.5. The van der Waals surface area contributed by atoms with Gasteiger partial charge in [0.05, 0.1) is 41.9 Å². The summed E-state index contributed by atoms with van der Waals surface area (Å²) in [6.07, 6.45) is 13.5. The summed E-state index contributed by atoms with van der Waals surface area (Å²) in [5, 5.41) is 15.8. The van der Waals surface area contributed by atoms with E-state index in [1.54, 1.807) is 54.7 Å². The highest BCUT2D eigenvalue weighted by Gasteiger charge is 2.44. The number of carboxylic acid groups (broad SMARTS) is 1. The third kappa shape index (κ3) is 18.8. The highest BCUT2D eigenvalue weighted by Crippen LogP contribution is 2.35. The minimum absolute atomic E-state index is 0.0790. The van der Waals surface area contributed by atoms with Gasteiger partial charge in [-0.3, -0.25) is 38.5 Å². The summed E-state index contributed by atoms with van der Waals surface area (Å²) in [7, 11) is 6.28. The minimum Gasteiger partial charge on any atom is -0.480 e. The number of amides is 7. The number of methoxy groups -OCH3 is 2. The molecule has 2 saturated heterocycles. The van der Waals surface area contributed by atoms with Crippen LogP contribution in [0.3, 0.4) is 0 Å². The fraction of sp³-hybridized carbons (Fsp3) is 0.763. The lowest BCUT2D eigenvalue weighted by Gasteiger charge is -2.41. The Labute approximate surface area is 464 Å². The summed E-state index contributed by atoms with van der Waals surface area (Å²) >= 11 is 1.71. The third-order valence-corrected chi connectivity index (χ3v) is 18.0. The molecule has 3 aliphatic rings. The van der Waals surface area contributed by atoms with Gasteiger partial charge in [-0.2, -0.15) is 0 Å². The molecule has 0 aromatic heterocycles. The highest BCUT2D eigenvalue weighted by atomic mass is 32.2. The fourth-order valence-corrected chi connectivity index (χ4v) is 13.3. The van der Waals surface area contributed by atoms with Crippen LogP contribution >= 0.6 is 11.8 Å². The van der Waals surface area contributed by atoms with E-state index >= 15 is 0 Å². The second kappa shape index (κ2) is 32.5. The molecule has 4 rings (SSSR count). The van der Waals surface area contributed by atoms with E-state index in [1.807, 2.05) is 59.7 Å². The number of benzene rings is 1. The fourth-order valence-electron chi connectivity index (χ4n) is 11.7. The summed E-state index contributed by atoms with van der Waals surface area (Å²) in [5.41, 5.74) is 0.765. The van der Waals surface area contributed by atoms with E-state index in [1.165, 1.54) is 69.0 Å². The molecule has 3 N–H and O–H groups in total. The van der Waals surface area contributed by atoms with Gasteiger partial charge in [-0.25, -0.2) is 4.79 Å². The predicted molar refractivity (Wildman–Crippen MR) is 301 cm³/mol. The van der Waals surface area contributed by atoms with Gasteiger partial charge in [0.2, 0.25) is 41.4 Å². The van der Waals surface area contributed by atoms with Crippen LogP contribution in [-0.2, 0) is 54.3 Å². The van der Waals surface area contributed by atoms with Crippen molar-refractivity contribution in [2.45, 2.75) is 223 Å². The van der Waals surface area contributed by atoms with Gasteiger partial charge in [-0.1, -0.05) is 137 Å². The SMILES string of the molecule is CC[C@H](C)[C@@H]([C@@H](CC(=O)N1CCC[C@H]1[C@H](OC)[C@@H](C)C(=O)N[C@@H](Cc1ccccc1)C(=O)O)OC)N(C)C(=O)[C@@H](NC(=O)C(C(C)C)N(C)C(=O)CCCCCN1C(=O)CC(SC2CCCCCCCCC2)C1=O)C(C)C. The maximum Gasteiger partial charge on any atom is 0.326 e. The molecule has 77 heavy (non-hydrogen) atoms. The maximum absolute atomic E-state index is 14.7. The molecule has 434 valence electrons. The van der Waals surface area contributed by atoms with Crippen molar-refractivity contribution in [2.75, 3.05) is 41.4 Å². The zero-order valence-corrected chi connectivity index (χ0v) is 49.3. The summed E-state index contributed by atoms with van der Waals surface area (Å²) in [5.74, 6) is -4.69. The largest absolute Gasteiger partial charge is 0.480 e. The van der Waals surface area contributed by atoms with Crippen molar-refractivity contribution in [3.8, 4) is 0 Å². The van der Waals surface area contributed by atoms with Gasteiger partial charge < -0.3 is 39.9 Å². The number of imide groups is 1. The Kier molecular flexibility index (Phi) is 27.4. The molecule has 2 unspecified atom stereocenters. The Morgan fingerprint density at radius 2 is 1.42 bits per heavy atom. The lowest BCUT2D eigenvalue weighted by atomic mass is 9.89. The monoisotopic (exact) mass is 1100 g/mol. The third-order valence-electron chi connectivity index (χ3n) is 16.5. The molecular formula is C59H96N6O11S. The number of nitrogens with one attached hydrogen (secondary N) is 2. The van der Waals surface area contributed by atoms with Crippen LogP contribution < -0.4 is 10.6 Å². The molecule has 1 aromatic carbocycles. The van der Waals surface area contributed by atoms with Gasteiger partial charge in [-0.15, -0.1) is 11.8 Å². The van der Waals surface area contributed by atoms with Gasteiger partial charge in [0.1, 0.15) is 18.1 Å². The summed E-state index contributed by atoms with van der Waals surface area (Å²) in [6.45, 7) is 13.8. The van der Waals surface area contributed by atoms with Gasteiger partial charge in [0, 0.05) is 65.9 Å². The first-order valence-electron chi connectivity index (χ1n) is 28.9. The Morgan fingerprint density at radius 3 is 1.99 bits per heavy atom. The molecule has 0 bridgehead atoms. The summed E-state index contributed by atoms with van der Waals surface area (Å²) < 4.78 is 12.0. The number of carbonyl (C=O) groups excluding carboxylic acids is 7. The highest BCUT2D eigenvalue weighted by molar-refractivity contribution is 8.01. The van der Waals surface area contributed by atoms with Crippen LogP contribution in [0.15, 0.2) is 30.3 Å². The number of hydrogen-bond donors (Lipinski definition) is 3. The molecule has 17 nitrogen and oxygen atoms in total. The first-order chi connectivity index (χ1) is 36.7. The van der Waals surface area contributed by atoms with E-state index in [-0.39, 0.29) is 78.2 Å². The normalized spacial score (nSPS) is 20.9. The quantitative estimate of drug-likeness (QED) is 0.0522. The van der Waals surface area contributed by atoms with Crippen molar-refractivity contribution in [1.29, 1.82) is 0 Å². The number of thioether (sulfide) groups is 1. The van der Waals surface area contributed by atoms with Crippen molar-refractivity contribution >= 4 is 59.1 Å². The molecular weight excluding hydrogens is 1000 g/mol. The van der Waals surface area contributed by atoms with Crippen LogP contribution in [0.5, 0.6) is 0 Å². The number of aliphatic carboxylic acids is 1. The Morgan fingerprint density at radius 1 is 0.779 bits per heavy atom. The molecule has 7 amide bonds. The Balaban J connectivity index is 1.35. The first kappa shape index (κ1) is 65.0. The number of likely N-dealkylation sites (tertiary alicyclic amines) is 2. The number of carbonyl (C=O) groups is 8. The Hall–Kier alpha value is -4.55. The molecule has 0 spiro atoms. The van der Waals surface area contributed by atoms with E-state index in [0.717, 1.165) is 18.4 Å². The number of rotatable bonds is 29. The van der Waals surface area contributed by atoms with Crippen molar-refractivity contribution in [1.82, 2.24) is 30.2 Å². The van der Waals surface area contributed by atoms with Crippen LogP contribution in [0.4, 0.5) is 0 Å². The van der Waals surface area contributed by atoms with E-state index in [4.69, 9.17) is 9.47 Å². The van der Waals surface area contributed by atoms with Crippen molar-refractivity contribution in [3.63, 3.8) is 0 Å². The van der Waals surface area contributed by atoms with E-state index in [0.29, 0.717) is 56.9 Å². The van der Waals surface area contributed by atoms with Crippen LogP contribution in [0.25, 0.3) is 0 Å². The Bertz CT molecular complexity index is 2070. The van der Waals surface area contributed by atoms with Gasteiger partial charge in [-0.05, 0) is 61.8 Å². The predicted octanol–water partition coefficient (Wildman–Crippen LogP) is 7.66. The summed E-state index contributed by atoms with van der Waals surface area (Å²) in [4.78, 5) is 116.